The normalized spacial score (nSPS) is 24.3. The Kier molecular flexibility index (Phi) is 3.93. The van der Waals surface area contributed by atoms with E-state index in [0.717, 1.165) is 25.4 Å². The number of rotatable bonds is 3. The number of hydrogen-bond donors (Lipinski definition) is 2. The zero-order valence-electron chi connectivity index (χ0n) is 11.8. The molecule has 1 fully saturated rings. The molecule has 0 spiro atoms. The minimum Gasteiger partial charge on any atom is -0.496 e. The lowest BCUT2D eigenvalue weighted by Crippen LogP contribution is -2.55. The Hall–Kier alpha value is -1.06. The zero-order chi connectivity index (χ0) is 13.2. The van der Waals surface area contributed by atoms with Crippen molar-refractivity contribution in [3.05, 3.63) is 29.3 Å². The van der Waals surface area contributed by atoms with E-state index < -0.39 is 0 Å². The monoisotopic (exact) mass is 248 g/mol. The maximum atomic E-state index is 5.59. The van der Waals surface area contributed by atoms with Gasteiger partial charge in [-0.1, -0.05) is 26.0 Å². The van der Waals surface area contributed by atoms with Crippen LogP contribution < -0.4 is 15.4 Å². The first-order valence-corrected chi connectivity index (χ1v) is 6.71. The van der Waals surface area contributed by atoms with Gasteiger partial charge in [-0.25, -0.2) is 0 Å². The quantitative estimate of drug-likeness (QED) is 0.860. The maximum absolute atomic E-state index is 5.59. The highest BCUT2D eigenvalue weighted by molar-refractivity contribution is 5.43. The highest BCUT2D eigenvalue weighted by atomic mass is 16.5. The number of nitrogens with one attached hydrogen (secondary N) is 2. The van der Waals surface area contributed by atoms with Crippen molar-refractivity contribution in [2.75, 3.05) is 26.7 Å². The Labute approximate surface area is 110 Å². The van der Waals surface area contributed by atoms with Crippen molar-refractivity contribution in [1.29, 1.82) is 0 Å². The standard InChI is InChI=1S/C15H24N2O/c1-11(2)12-5-6-13(14(9-12)18-4)15(3)10-16-7-8-17-15/h5-6,9,11,16-17H,7-8,10H2,1-4H3. The second kappa shape index (κ2) is 5.29. The van der Waals surface area contributed by atoms with E-state index in [1.807, 2.05) is 0 Å². The third kappa shape index (κ3) is 2.52. The summed E-state index contributed by atoms with van der Waals surface area (Å²) in [6.45, 7) is 9.59. The van der Waals surface area contributed by atoms with Gasteiger partial charge in [-0.2, -0.15) is 0 Å². The van der Waals surface area contributed by atoms with Gasteiger partial charge in [0.25, 0.3) is 0 Å². The molecule has 1 aromatic carbocycles. The van der Waals surface area contributed by atoms with Gasteiger partial charge in [-0.3, -0.25) is 0 Å². The molecule has 1 aliphatic heterocycles. The lowest BCUT2D eigenvalue weighted by molar-refractivity contribution is 0.289. The highest BCUT2D eigenvalue weighted by Crippen LogP contribution is 2.33. The minimum absolute atomic E-state index is 0.0426. The van der Waals surface area contributed by atoms with E-state index >= 15 is 0 Å². The van der Waals surface area contributed by atoms with Crippen molar-refractivity contribution in [2.24, 2.45) is 0 Å². The van der Waals surface area contributed by atoms with Crippen molar-refractivity contribution < 1.29 is 4.74 Å². The van der Waals surface area contributed by atoms with Crippen LogP contribution in [0.15, 0.2) is 18.2 Å². The van der Waals surface area contributed by atoms with Crippen LogP contribution in [0.25, 0.3) is 0 Å². The highest BCUT2D eigenvalue weighted by Gasteiger charge is 2.31. The molecule has 2 rings (SSSR count). The predicted molar refractivity (Wildman–Crippen MR) is 75.3 cm³/mol. The van der Waals surface area contributed by atoms with Crippen LogP contribution >= 0.6 is 0 Å². The van der Waals surface area contributed by atoms with Gasteiger partial charge in [-0.05, 0) is 24.5 Å². The molecule has 0 aliphatic carbocycles. The lowest BCUT2D eigenvalue weighted by atomic mass is 9.87. The van der Waals surface area contributed by atoms with Crippen LogP contribution in [0.5, 0.6) is 5.75 Å². The fourth-order valence-electron chi connectivity index (χ4n) is 2.54. The Morgan fingerprint density at radius 2 is 2.06 bits per heavy atom. The van der Waals surface area contributed by atoms with Crippen molar-refractivity contribution in [1.82, 2.24) is 10.6 Å². The van der Waals surface area contributed by atoms with Crippen molar-refractivity contribution in [2.45, 2.75) is 32.2 Å². The lowest BCUT2D eigenvalue weighted by Gasteiger charge is -2.37. The predicted octanol–water partition coefficient (Wildman–Crippen LogP) is 2.23. The van der Waals surface area contributed by atoms with Gasteiger partial charge < -0.3 is 15.4 Å². The van der Waals surface area contributed by atoms with Crippen LogP contribution in [-0.4, -0.2) is 26.7 Å². The van der Waals surface area contributed by atoms with Crippen LogP contribution in [0.4, 0.5) is 0 Å². The van der Waals surface area contributed by atoms with E-state index in [2.05, 4.69) is 49.6 Å². The molecule has 1 unspecified atom stereocenters. The van der Waals surface area contributed by atoms with Gasteiger partial charge in [0.15, 0.2) is 0 Å². The maximum Gasteiger partial charge on any atom is 0.124 e. The number of ether oxygens (including phenoxy) is 1. The van der Waals surface area contributed by atoms with Gasteiger partial charge in [0.2, 0.25) is 0 Å². The molecular formula is C15H24N2O. The Morgan fingerprint density at radius 1 is 1.28 bits per heavy atom. The molecule has 1 heterocycles. The summed E-state index contributed by atoms with van der Waals surface area (Å²) in [7, 11) is 1.75. The molecule has 18 heavy (non-hydrogen) atoms. The fraction of sp³-hybridized carbons (Fsp3) is 0.600. The first kappa shape index (κ1) is 13.4. The fourth-order valence-corrected chi connectivity index (χ4v) is 2.54. The average molecular weight is 248 g/mol. The third-order valence-corrected chi connectivity index (χ3v) is 3.78. The number of methoxy groups -OCH3 is 1. The molecule has 3 heteroatoms. The first-order chi connectivity index (χ1) is 8.57. The Morgan fingerprint density at radius 3 is 2.61 bits per heavy atom. The van der Waals surface area contributed by atoms with E-state index in [4.69, 9.17) is 4.74 Å². The number of hydrogen-bond acceptors (Lipinski definition) is 3. The minimum atomic E-state index is -0.0426. The molecule has 1 atom stereocenters. The summed E-state index contributed by atoms with van der Waals surface area (Å²) in [6, 6.07) is 6.58. The Balaban J connectivity index is 2.37. The van der Waals surface area contributed by atoms with Crippen LogP contribution in [0, 0.1) is 0 Å². The molecule has 1 aromatic rings. The molecule has 100 valence electrons. The van der Waals surface area contributed by atoms with Gasteiger partial charge >= 0.3 is 0 Å². The molecule has 1 aliphatic rings. The second-order valence-corrected chi connectivity index (χ2v) is 5.55. The van der Waals surface area contributed by atoms with Gasteiger partial charge in [0, 0.05) is 25.2 Å². The van der Waals surface area contributed by atoms with E-state index in [-0.39, 0.29) is 5.54 Å². The van der Waals surface area contributed by atoms with Crippen molar-refractivity contribution in [3.8, 4) is 5.75 Å². The van der Waals surface area contributed by atoms with Crippen LogP contribution in [-0.2, 0) is 5.54 Å². The summed E-state index contributed by atoms with van der Waals surface area (Å²) in [5.41, 5.74) is 2.52. The summed E-state index contributed by atoms with van der Waals surface area (Å²) in [4.78, 5) is 0. The van der Waals surface area contributed by atoms with Gasteiger partial charge in [0.1, 0.15) is 5.75 Å². The summed E-state index contributed by atoms with van der Waals surface area (Å²) in [5, 5.41) is 7.04. The number of piperazine rings is 1. The molecule has 2 N–H and O–H groups in total. The smallest absolute Gasteiger partial charge is 0.124 e. The molecular weight excluding hydrogens is 224 g/mol. The summed E-state index contributed by atoms with van der Waals surface area (Å²) in [5.74, 6) is 1.51. The van der Waals surface area contributed by atoms with Crippen molar-refractivity contribution in [3.63, 3.8) is 0 Å². The molecule has 0 bridgehead atoms. The number of benzene rings is 1. The molecule has 0 aromatic heterocycles. The molecule has 0 radical (unpaired) electrons. The Bertz CT molecular complexity index is 409. The molecule has 0 saturated carbocycles. The topological polar surface area (TPSA) is 33.3 Å². The largest absolute Gasteiger partial charge is 0.496 e. The zero-order valence-corrected chi connectivity index (χ0v) is 11.8. The van der Waals surface area contributed by atoms with E-state index in [1.54, 1.807) is 7.11 Å². The first-order valence-electron chi connectivity index (χ1n) is 6.71. The average Bonchev–Trinajstić information content (AvgIpc) is 2.38. The summed E-state index contributed by atoms with van der Waals surface area (Å²) < 4.78 is 5.59. The van der Waals surface area contributed by atoms with Gasteiger partial charge in [0.05, 0.1) is 12.6 Å². The van der Waals surface area contributed by atoms with Gasteiger partial charge in [-0.15, -0.1) is 0 Å². The third-order valence-electron chi connectivity index (χ3n) is 3.78. The van der Waals surface area contributed by atoms with Crippen LogP contribution in [0.2, 0.25) is 0 Å². The molecule has 1 saturated heterocycles. The van der Waals surface area contributed by atoms with E-state index in [1.165, 1.54) is 11.1 Å². The second-order valence-electron chi connectivity index (χ2n) is 5.55. The molecule has 0 amide bonds. The van der Waals surface area contributed by atoms with E-state index in [9.17, 15) is 0 Å². The van der Waals surface area contributed by atoms with Crippen molar-refractivity contribution >= 4 is 0 Å². The van der Waals surface area contributed by atoms with Crippen LogP contribution in [0.3, 0.4) is 0 Å². The summed E-state index contributed by atoms with van der Waals surface area (Å²) in [6.07, 6.45) is 0. The summed E-state index contributed by atoms with van der Waals surface area (Å²) >= 11 is 0. The van der Waals surface area contributed by atoms with E-state index in [0.29, 0.717) is 5.92 Å². The SMILES string of the molecule is COc1cc(C(C)C)ccc1C1(C)CNCCN1. The molecule has 3 nitrogen and oxygen atoms in total. The van der Waals surface area contributed by atoms with Crippen LogP contribution in [0.1, 0.15) is 37.8 Å².